The van der Waals surface area contributed by atoms with E-state index in [1.807, 2.05) is 66.7 Å². The van der Waals surface area contributed by atoms with Crippen LogP contribution in [-0.4, -0.2) is 34.6 Å². The molecule has 6 nitrogen and oxygen atoms in total. The molecule has 0 saturated heterocycles. The summed E-state index contributed by atoms with van der Waals surface area (Å²) < 4.78 is 0. The molecule has 0 saturated carbocycles. The van der Waals surface area contributed by atoms with Crippen LogP contribution in [0.25, 0.3) is 11.3 Å². The molecule has 0 aliphatic carbocycles. The van der Waals surface area contributed by atoms with Crippen molar-refractivity contribution in [2.24, 2.45) is 0 Å². The van der Waals surface area contributed by atoms with Gasteiger partial charge in [0.1, 0.15) is 6.04 Å². The zero-order valence-corrected chi connectivity index (χ0v) is 22.7. The maximum Gasteiger partial charge on any atom is 0.326 e. The summed E-state index contributed by atoms with van der Waals surface area (Å²) in [5.41, 5.74) is 4.25. The number of aliphatic carboxylic acids is 1. The highest BCUT2D eigenvalue weighted by molar-refractivity contribution is 7.14. The molecule has 4 aromatic rings. The molecular formula is C30H30ClN3O3S. The Morgan fingerprint density at radius 2 is 1.71 bits per heavy atom. The maximum atomic E-state index is 12.8. The lowest BCUT2D eigenvalue weighted by Gasteiger charge is -2.22. The SMILES string of the molecule is CCCCN(Cc1ccc(C(=O)NC(Cc2ccccc2)C(=O)O)cc1)c1nc(-c2ccc(Cl)cc2)cs1. The van der Waals surface area contributed by atoms with Crippen molar-refractivity contribution in [2.45, 2.75) is 38.8 Å². The van der Waals surface area contributed by atoms with Gasteiger partial charge in [0.2, 0.25) is 0 Å². The van der Waals surface area contributed by atoms with Crippen LogP contribution in [0.3, 0.4) is 0 Å². The third-order valence-electron chi connectivity index (χ3n) is 6.16. The summed E-state index contributed by atoms with van der Waals surface area (Å²) in [7, 11) is 0. The number of carbonyl (C=O) groups excluding carboxylic acids is 1. The van der Waals surface area contributed by atoms with E-state index >= 15 is 0 Å². The van der Waals surface area contributed by atoms with Crippen LogP contribution in [0.5, 0.6) is 0 Å². The molecule has 2 N–H and O–H groups in total. The minimum atomic E-state index is -1.06. The first-order valence-electron chi connectivity index (χ1n) is 12.6. The Hall–Kier alpha value is -3.68. The van der Waals surface area contributed by atoms with Gasteiger partial charge in [0.05, 0.1) is 5.69 Å². The van der Waals surface area contributed by atoms with Crippen molar-refractivity contribution in [3.63, 3.8) is 0 Å². The molecular weight excluding hydrogens is 518 g/mol. The van der Waals surface area contributed by atoms with Crippen molar-refractivity contribution in [2.75, 3.05) is 11.4 Å². The van der Waals surface area contributed by atoms with Gasteiger partial charge in [-0.3, -0.25) is 4.79 Å². The molecule has 4 rings (SSSR count). The monoisotopic (exact) mass is 547 g/mol. The number of carboxylic acid groups (broad SMARTS) is 1. The van der Waals surface area contributed by atoms with Gasteiger partial charge in [-0.15, -0.1) is 11.3 Å². The van der Waals surface area contributed by atoms with Crippen LogP contribution in [0.2, 0.25) is 5.02 Å². The summed E-state index contributed by atoms with van der Waals surface area (Å²) in [6.07, 6.45) is 2.32. The van der Waals surface area contributed by atoms with Gasteiger partial charge < -0.3 is 15.3 Å². The van der Waals surface area contributed by atoms with Gasteiger partial charge in [0.25, 0.3) is 5.91 Å². The number of benzene rings is 3. The number of nitrogens with zero attached hydrogens (tertiary/aromatic N) is 2. The Morgan fingerprint density at radius 1 is 1.00 bits per heavy atom. The molecule has 1 atom stereocenters. The largest absolute Gasteiger partial charge is 0.480 e. The van der Waals surface area contributed by atoms with E-state index in [1.165, 1.54) is 0 Å². The van der Waals surface area contributed by atoms with Crippen LogP contribution in [0.15, 0.2) is 84.2 Å². The average Bonchev–Trinajstić information content (AvgIpc) is 3.42. The molecule has 1 aromatic heterocycles. The van der Waals surface area contributed by atoms with E-state index in [2.05, 4.69) is 22.5 Å². The Morgan fingerprint density at radius 3 is 2.37 bits per heavy atom. The molecule has 3 aromatic carbocycles. The molecule has 196 valence electrons. The van der Waals surface area contributed by atoms with Gasteiger partial charge in [-0.2, -0.15) is 0 Å². The highest BCUT2D eigenvalue weighted by atomic mass is 35.5. The summed E-state index contributed by atoms with van der Waals surface area (Å²) >= 11 is 7.63. The fourth-order valence-electron chi connectivity index (χ4n) is 4.03. The second-order valence-electron chi connectivity index (χ2n) is 9.05. The lowest BCUT2D eigenvalue weighted by molar-refractivity contribution is -0.139. The zero-order valence-electron chi connectivity index (χ0n) is 21.1. The molecule has 0 spiro atoms. The highest BCUT2D eigenvalue weighted by Gasteiger charge is 2.21. The minimum absolute atomic E-state index is 0.220. The van der Waals surface area contributed by atoms with Crippen LogP contribution in [0.4, 0.5) is 5.13 Å². The molecule has 1 amide bonds. The van der Waals surface area contributed by atoms with Gasteiger partial charge >= 0.3 is 5.97 Å². The summed E-state index contributed by atoms with van der Waals surface area (Å²) in [6.45, 7) is 3.68. The molecule has 38 heavy (non-hydrogen) atoms. The lowest BCUT2D eigenvalue weighted by atomic mass is 10.1. The van der Waals surface area contributed by atoms with E-state index in [9.17, 15) is 14.7 Å². The van der Waals surface area contributed by atoms with Crippen molar-refractivity contribution < 1.29 is 14.7 Å². The Kier molecular flexibility index (Phi) is 9.51. The predicted molar refractivity (Wildman–Crippen MR) is 154 cm³/mol. The highest BCUT2D eigenvalue weighted by Crippen LogP contribution is 2.29. The lowest BCUT2D eigenvalue weighted by Crippen LogP contribution is -2.42. The molecule has 8 heteroatoms. The molecule has 0 fully saturated rings. The van der Waals surface area contributed by atoms with Crippen LogP contribution in [-0.2, 0) is 17.8 Å². The molecule has 0 aliphatic heterocycles. The smallest absolute Gasteiger partial charge is 0.326 e. The number of hydrogen-bond acceptors (Lipinski definition) is 5. The number of amides is 1. The number of thiazole rings is 1. The number of carboxylic acids is 1. The van der Waals surface area contributed by atoms with E-state index in [1.54, 1.807) is 23.5 Å². The molecule has 1 unspecified atom stereocenters. The van der Waals surface area contributed by atoms with Gasteiger partial charge in [-0.05, 0) is 41.8 Å². The van der Waals surface area contributed by atoms with Crippen LogP contribution in [0.1, 0.15) is 41.3 Å². The van der Waals surface area contributed by atoms with Gasteiger partial charge in [0, 0.05) is 41.0 Å². The van der Waals surface area contributed by atoms with Crippen molar-refractivity contribution in [3.05, 3.63) is 106 Å². The number of carbonyl (C=O) groups is 2. The second-order valence-corrected chi connectivity index (χ2v) is 10.3. The normalized spacial score (nSPS) is 11.6. The van der Waals surface area contributed by atoms with Crippen molar-refractivity contribution in [1.29, 1.82) is 0 Å². The maximum absolute atomic E-state index is 12.8. The number of aromatic nitrogens is 1. The third-order valence-corrected chi connectivity index (χ3v) is 7.31. The van der Waals surface area contributed by atoms with Crippen LogP contribution in [0, 0.1) is 0 Å². The minimum Gasteiger partial charge on any atom is -0.480 e. The van der Waals surface area contributed by atoms with E-state index in [0.717, 1.165) is 46.9 Å². The Labute approximate surface area is 231 Å². The van der Waals surface area contributed by atoms with Crippen molar-refractivity contribution in [3.8, 4) is 11.3 Å². The fourth-order valence-corrected chi connectivity index (χ4v) is 5.02. The van der Waals surface area contributed by atoms with Crippen molar-refractivity contribution >= 4 is 39.9 Å². The molecule has 0 bridgehead atoms. The first-order valence-corrected chi connectivity index (χ1v) is 13.8. The zero-order chi connectivity index (χ0) is 26.9. The number of anilines is 1. The summed E-state index contributed by atoms with van der Waals surface area (Å²) in [5, 5.41) is 15.9. The second kappa shape index (κ2) is 13.2. The fraction of sp³-hybridized carbons (Fsp3) is 0.233. The van der Waals surface area contributed by atoms with E-state index in [-0.39, 0.29) is 6.42 Å². The quantitative estimate of drug-likeness (QED) is 0.206. The molecule has 0 aliphatic rings. The van der Waals surface area contributed by atoms with Gasteiger partial charge in [-0.1, -0.05) is 79.5 Å². The Bertz CT molecular complexity index is 1340. The van der Waals surface area contributed by atoms with Crippen molar-refractivity contribution in [1.82, 2.24) is 10.3 Å². The van der Waals surface area contributed by atoms with Crippen LogP contribution < -0.4 is 10.2 Å². The number of nitrogens with one attached hydrogen (secondary N) is 1. The first-order chi connectivity index (χ1) is 18.4. The topological polar surface area (TPSA) is 82.5 Å². The third kappa shape index (κ3) is 7.43. The number of unbranched alkanes of at least 4 members (excludes halogenated alkanes) is 1. The summed E-state index contributed by atoms with van der Waals surface area (Å²) in [4.78, 5) is 31.7. The van der Waals surface area contributed by atoms with Gasteiger partial charge in [0.15, 0.2) is 5.13 Å². The number of rotatable bonds is 12. The van der Waals surface area contributed by atoms with Crippen LogP contribution >= 0.6 is 22.9 Å². The molecule has 0 radical (unpaired) electrons. The standard InChI is InChI=1S/C30H30ClN3O3S/c1-2-3-17-34(30-33-27(20-38-30)23-13-15-25(31)16-14-23)19-22-9-11-24(12-10-22)28(35)32-26(29(36)37)18-21-7-5-4-6-8-21/h4-16,20,26H,2-3,17-19H2,1H3,(H,32,35)(H,36,37). The number of halogens is 1. The van der Waals surface area contributed by atoms with E-state index < -0.39 is 17.9 Å². The van der Waals surface area contributed by atoms with E-state index in [4.69, 9.17) is 16.6 Å². The van der Waals surface area contributed by atoms with Gasteiger partial charge in [-0.25, -0.2) is 9.78 Å². The van der Waals surface area contributed by atoms with E-state index in [0.29, 0.717) is 17.1 Å². The summed E-state index contributed by atoms with van der Waals surface area (Å²) in [6, 6.07) is 23.2. The summed E-state index contributed by atoms with van der Waals surface area (Å²) in [5.74, 6) is -1.47. The predicted octanol–water partition coefficient (Wildman–Crippen LogP) is 6.70. The number of hydrogen-bond donors (Lipinski definition) is 2. The average molecular weight is 548 g/mol. The first kappa shape index (κ1) is 27.4. The molecule has 1 heterocycles. The Balaban J connectivity index is 1.43.